The summed E-state index contributed by atoms with van der Waals surface area (Å²) in [5.41, 5.74) is 4.37. The topological polar surface area (TPSA) is 85.2 Å². The number of hydrogen-bond acceptors (Lipinski definition) is 4. The third-order valence-electron chi connectivity index (χ3n) is 4.98. The maximum absolute atomic E-state index is 12.4. The molecule has 1 aromatic heterocycles. The van der Waals surface area contributed by atoms with E-state index >= 15 is 0 Å². The van der Waals surface area contributed by atoms with Gasteiger partial charge in [0, 0.05) is 17.8 Å². The molecule has 0 radical (unpaired) electrons. The highest BCUT2D eigenvalue weighted by Gasteiger charge is 2.29. The molecule has 0 unspecified atom stereocenters. The summed E-state index contributed by atoms with van der Waals surface area (Å²) in [4.78, 5) is 24.6. The predicted octanol–water partition coefficient (Wildman–Crippen LogP) is 2.90. The van der Waals surface area contributed by atoms with E-state index in [9.17, 15) is 9.59 Å². The first-order valence-electron chi connectivity index (χ1n) is 9.46. The van der Waals surface area contributed by atoms with Crippen molar-refractivity contribution in [1.82, 2.24) is 15.1 Å². The number of aryl methyl sites for hydroxylation is 1. The van der Waals surface area contributed by atoms with E-state index in [2.05, 4.69) is 15.7 Å². The van der Waals surface area contributed by atoms with Gasteiger partial charge in [0.2, 0.25) is 5.91 Å². The molecule has 1 aliphatic rings. The van der Waals surface area contributed by atoms with Crippen LogP contribution in [0.2, 0.25) is 0 Å². The van der Waals surface area contributed by atoms with E-state index in [1.54, 1.807) is 12.1 Å². The Labute approximate surface area is 168 Å². The van der Waals surface area contributed by atoms with Gasteiger partial charge in [0.05, 0.1) is 23.5 Å². The highest BCUT2D eigenvalue weighted by molar-refractivity contribution is 5.99. The number of rotatable bonds is 5. The summed E-state index contributed by atoms with van der Waals surface area (Å²) in [5, 5.41) is 10.2. The first-order valence-corrected chi connectivity index (χ1v) is 9.46. The fraction of sp³-hybridized carbons (Fsp3) is 0.227. The van der Waals surface area contributed by atoms with Crippen LogP contribution in [-0.4, -0.2) is 27.7 Å². The molecule has 0 spiro atoms. The van der Waals surface area contributed by atoms with Gasteiger partial charge in [-0.05, 0) is 38.1 Å². The standard InChI is InChI=1S/C22H22N4O3/c1-14-17(15(2)26(25-14)16-8-4-3-5-9-16)13-23-21(27)12-20-22(28)24-18-10-6-7-11-19(18)29-20/h3-11,20H,12-13H2,1-2H3,(H,23,27)(H,24,28)/t20-/m0/s1. The summed E-state index contributed by atoms with van der Waals surface area (Å²) in [6, 6.07) is 17.0. The number of aromatic nitrogens is 2. The van der Waals surface area contributed by atoms with E-state index in [4.69, 9.17) is 4.74 Å². The van der Waals surface area contributed by atoms with E-state index in [0.29, 0.717) is 18.0 Å². The van der Waals surface area contributed by atoms with Gasteiger partial charge >= 0.3 is 0 Å². The molecule has 7 heteroatoms. The minimum Gasteiger partial charge on any atom is -0.478 e. The van der Waals surface area contributed by atoms with E-state index in [-0.39, 0.29) is 18.2 Å². The Morgan fingerprint density at radius 3 is 2.66 bits per heavy atom. The molecule has 1 aliphatic heterocycles. The number of carbonyl (C=O) groups excluding carboxylic acids is 2. The Morgan fingerprint density at radius 1 is 1.14 bits per heavy atom. The summed E-state index contributed by atoms with van der Waals surface area (Å²) in [5.74, 6) is -0.000345. The predicted molar refractivity (Wildman–Crippen MR) is 109 cm³/mol. The summed E-state index contributed by atoms with van der Waals surface area (Å²) in [7, 11) is 0. The molecule has 0 saturated heterocycles. The maximum Gasteiger partial charge on any atom is 0.266 e. The Kier molecular flexibility index (Phi) is 5.03. The molecule has 29 heavy (non-hydrogen) atoms. The van der Waals surface area contributed by atoms with Crippen LogP contribution in [0.5, 0.6) is 5.75 Å². The average molecular weight is 390 g/mol. The van der Waals surface area contributed by atoms with Crippen molar-refractivity contribution in [2.45, 2.75) is 32.9 Å². The van der Waals surface area contributed by atoms with Crippen molar-refractivity contribution >= 4 is 17.5 Å². The number of para-hydroxylation sites is 3. The van der Waals surface area contributed by atoms with Crippen molar-refractivity contribution in [3.8, 4) is 11.4 Å². The largest absolute Gasteiger partial charge is 0.478 e. The Morgan fingerprint density at radius 2 is 1.86 bits per heavy atom. The summed E-state index contributed by atoms with van der Waals surface area (Å²) >= 11 is 0. The smallest absolute Gasteiger partial charge is 0.266 e. The highest BCUT2D eigenvalue weighted by Crippen LogP contribution is 2.29. The number of benzene rings is 2. The third-order valence-corrected chi connectivity index (χ3v) is 4.98. The van der Waals surface area contributed by atoms with Crippen molar-refractivity contribution in [2.24, 2.45) is 0 Å². The summed E-state index contributed by atoms with van der Waals surface area (Å²) < 4.78 is 7.55. The number of nitrogens with zero attached hydrogens (tertiary/aromatic N) is 2. The van der Waals surface area contributed by atoms with Gasteiger partial charge < -0.3 is 15.4 Å². The van der Waals surface area contributed by atoms with Crippen molar-refractivity contribution in [3.05, 3.63) is 71.5 Å². The van der Waals surface area contributed by atoms with Crippen LogP contribution in [0.25, 0.3) is 5.69 Å². The SMILES string of the molecule is Cc1nn(-c2ccccc2)c(C)c1CNC(=O)C[C@@H]1Oc2ccccc2NC1=O. The number of carbonyl (C=O) groups is 2. The van der Waals surface area contributed by atoms with Crippen LogP contribution in [0.4, 0.5) is 5.69 Å². The lowest BCUT2D eigenvalue weighted by atomic mass is 10.1. The zero-order chi connectivity index (χ0) is 20.4. The molecule has 4 rings (SSSR count). The number of anilines is 1. The molecule has 148 valence electrons. The van der Waals surface area contributed by atoms with Crippen molar-refractivity contribution < 1.29 is 14.3 Å². The minimum atomic E-state index is -0.848. The highest BCUT2D eigenvalue weighted by atomic mass is 16.5. The van der Waals surface area contributed by atoms with Crippen LogP contribution < -0.4 is 15.4 Å². The van der Waals surface area contributed by atoms with Crippen LogP contribution in [0.3, 0.4) is 0 Å². The number of hydrogen-bond donors (Lipinski definition) is 2. The summed E-state index contributed by atoms with van der Waals surface area (Å²) in [6.07, 6.45) is -0.899. The molecule has 2 heterocycles. The Bertz CT molecular complexity index is 1060. The van der Waals surface area contributed by atoms with Gasteiger partial charge in [0.15, 0.2) is 6.10 Å². The molecule has 3 aromatic rings. The second kappa shape index (κ2) is 7.79. The number of fused-ring (bicyclic) bond motifs is 1. The van der Waals surface area contributed by atoms with E-state index in [1.807, 2.05) is 61.0 Å². The van der Waals surface area contributed by atoms with E-state index in [1.165, 1.54) is 0 Å². The number of ether oxygens (including phenoxy) is 1. The van der Waals surface area contributed by atoms with Gasteiger partial charge in [0.1, 0.15) is 5.75 Å². The van der Waals surface area contributed by atoms with E-state index < -0.39 is 6.10 Å². The van der Waals surface area contributed by atoms with Gasteiger partial charge in [0.25, 0.3) is 5.91 Å². The molecular formula is C22H22N4O3. The third kappa shape index (κ3) is 3.85. The first kappa shape index (κ1) is 18.7. The van der Waals surface area contributed by atoms with Gasteiger partial charge in [-0.2, -0.15) is 5.10 Å². The zero-order valence-corrected chi connectivity index (χ0v) is 16.3. The molecule has 0 saturated carbocycles. The average Bonchev–Trinajstić information content (AvgIpc) is 3.01. The van der Waals surface area contributed by atoms with Crippen LogP contribution >= 0.6 is 0 Å². The Balaban J connectivity index is 1.41. The second-order valence-corrected chi connectivity index (χ2v) is 6.97. The van der Waals surface area contributed by atoms with Crippen molar-refractivity contribution in [3.63, 3.8) is 0 Å². The van der Waals surface area contributed by atoms with E-state index in [0.717, 1.165) is 22.6 Å². The van der Waals surface area contributed by atoms with Crippen LogP contribution in [0, 0.1) is 13.8 Å². The number of amides is 2. The fourth-order valence-electron chi connectivity index (χ4n) is 3.41. The molecule has 2 amide bonds. The van der Waals surface area contributed by atoms with Gasteiger partial charge in [-0.25, -0.2) is 4.68 Å². The molecule has 7 nitrogen and oxygen atoms in total. The molecule has 0 fully saturated rings. The second-order valence-electron chi connectivity index (χ2n) is 6.97. The number of nitrogens with one attached hydrogen (secondary N) is 2. The van der Waals surface area contributed by atoms with Gasteiger partial charge in [-0.3, -0.25) is 9.59 Å². The maximum atomic E-state index is 12.4. The van der Waals surface area contributed by atoms with Crippen molar-refractivity contribution in [1.29, 1.82) is 0 Å². The Hall–Kier alpha value is -3.61. The van der Waals surface area contributed by atoms with Crippen LogP contribution in [0.15, 0.2) is 54.6 Å². The van der Waals surface area contributed by atoms with Gasteiger partial charge in [-0.1, -0.05) is 30.3 Å². The monoisotopic (exact) mass is 390 g/mol. The normalized spacial score (nSPS) is 15.2. The fourth-order valence-corrected chi connectivity index (χ4v) is 3.41. The lowest BCUT2D eigenvalue weighted by Crippen LogP contribution is -2.40. The minimum absolute atomic E-state index is 0.0505. The van der Waals surface area contributed by atoms with Crippen LogP contribution in [0.1, 0.15) is 23.4 Å². The lowest BCUT2D eigenvalue weighted by molar-refractivity contribution is -0.130. The molecular weight excluding hydrogens is 368 g/mol. The molecule has 0 aliphatic carbocycles. The molecule has 0 bridgehead atoms. The zero-order valence-electron chi connectivity index (χ0n) is 16.3. The quantitative estimate of drug-likeness (QED) is 0.702. The first-order chi connectivity index (χ1) is 14.0. The molecule has 1 atom stereocenters. The van der Waals surface area contributed by atoms with Crippen molar-refractivity contribution in [2.75, 3.05) is 5.32 Å². The molecule has 2 N–H and O–H groups in total. The lowest BCUT2D eigenvalue weighted by Gasteiger charge is -2.25. The van der Waals surface area contributed by atoms with Crippen LogP contribution in [-0.2, 0) is 16.1 Å². The molecule has 2 aromatic carbocycles. The summed E-state index contributed by atoms with van der Waals surface area (Å²) in [6.45, 7) is 4.24. The van der Waals surface area contributed by atoms with Gasteiger partial charge in [-0.15, -0.1) is 0 Å².